The molecule has 0 saturated carbocycles. The van der Waals surface area contributed by atoms with Crippen LogP contribution in [0.5, 0.6) is 0 Å². The minimum absolute atomic E-state index is 0.0278. The monoisotopic (exact) mass is 142 g/mol. The van der Waals surface area contributed by atoms with E-state index in [0.29, 0.717) is 0 Å². The van der Waals surface area contributed by atoms with Crippen LogP contribution in [0.25, 0.3) is 0 Å². The standard InChI is InChI=1S/C3H5F3N2O/c4-3(5,6)1-8(7)2-9/h2H,1,7H2. The maximum Gasteiger partial charge on any atom is 0.407 e. The quantitative estimate of drug-likeness (QED) is 0.253. The van der Waals surface area contributed by atoms with E-state index < -0.39 is 12.7 Å². The van der Waals surface area contributed by atoms with Crippen molar-refractivity contribution in [2.45, 2.75) is 6.18 Å². The Morgan fingerprint density at radius 2 is 2.00 bits per heavy atom. The molecule has 1 amide bonds. The molecule has 0 bridgehead atoms. The van der Waals surface area contributed by atoms with E-state index >= 15 is 0 Å². The molecule has 0 atom stereocenters. The first-order valence-corrected chi connectivity index (χ1v) is 1.99. The molecule has 0 aliphatic carbocycles. The Bertz CT molecular complexity index is 102. The summed E-state index contributed by atoms with van der Waals surface area (Å²) in [5.74, 6) is 4.50. The van der Waals surface area contributed by atoms with Gasteiger partial charge in [-0.3, -0.25) is 9.80 Å². The van der Waals surface area contributed by atoms with Crippen LogP contribution in [0.15, 0.2) is 0 Å². The molecular weight excluding hydrogens is 137 g/mol. The summed E-state index contributed by atoms with van der Waals surface area (Å²) in [6.07, 6.45) is -4.50. The van der Waals surface area contributed by atoms with Gasteiger partial charge in [0, 0.05) is 0 Å². The van der Waals surface area contributed by atoms with E-state index in [1.54, 1.807) is 0 Å². The van der Waals surface area contributed by atoms with E-state index in [0.717, 1.165) is 0 Å². The first-order valence-electron chi connectivity index (χ1n) is 1.99. The number of carbonyl (C=O) groups is 1. The molecule has 0 aromatic carbocycles. The van der Waals surface area contributed by atoms with Gasteiger partial charge in [-0.1, -0.05) is 0 Å². The maximum atomic E-state index is 11.2. The minimum Gasteiger partial charge on any atom is -0.277 e. The van der Waals surface area contributed by atoms with Gasteiger partial charge in [0.25, 0.3) is 0 Å². The predicted octanol–water partition coefficient (Wildman–Crippen LogP) is -0.119. The fourth-order valence-electron chi connectivity index (χ4n) is 0.244. The number of carbonyl (C=O) groups excluding carboxylic acids is 1. The molecule has 0 rings (SSSR count). The van der Waals surface area contributed by atoms with Crippen molar-refractivity contribution in [1.29, 1.82) is 0 Å². The Morgan fingerprint density at radius 1 is 1.56 bits per heavy atom. The summed E-state index contributed by atoms with van der Waals surface area (Å²) in [5.41, 5.74) is 0. The van der Waals surface area contributed by atoms with Crippen LogP contribution >= 0.6 is 0 Å². The van der Waals surface area contributed by atoms with Crippen molar-refractivity contribution in [3.05, 3.63) is 0 Å². The van der Waals surface area contributed by atoms with Crippen molar-refractivity contribution in [1.82, 2.24) is 5.01 Å². The zero-order chi connectivity index (χ0) is 7.49. The smallest absolute Gasteiger partial charge is 0.277 e. The highest BCUT2D eigenvalue weighted by molar-refractivity contribution is 5.45. The number of hydrogen-bond acceptors (Lipinski definition) is 2. The summed E-state index contributed by atoms with van der Waals surface area (Å²) < 4.78 is 33.6. The average Bonchev–Trinajstić information content (AvgIpc) is 1.62. The fraction of sp³-hybridized carbons (Fsp3) is 0.667. The number of nitrogens with two attached hydrogens (primary N) is 1. The first-order chi connectivity index (χ1) is 3.95. The van der Waals surface area contributed by atoms with Gasteiger partial charge in [0.2, 0.25) is 6.41 Å². The van der Waals surface area contributed by atoms with Crippen LogP contribution in [0.1, 0.15) is 0 Å². The largest absolute Gasteiger partial charge is 0.407 e. The van der Waals surface area contributed by atoms with Gasteiger partial charge in [-0.15, -0.1) is 0 Å². The highest BCUT2D eigenvalue weighted by Gasteiger charge is 2.29. The molecule has 3 nitrogen and oxygen atoms in total. The lowest BCUT2D eigenvalue weighted by atomic mass is 10.6. The number of nitrogens with zero attached hydrogens (tertiary/aromatic N) is 1. The van der Waals surface area contributed by atoms with E-state index in [1.807, 2.05) is 0 Å². The van der Waals surface area contributed by atoms with Crippen molar-refractivity contribution in [3.8, 4) is 0 Å². The summed E-state index contributed by atoms with van der Waals surface area (Å²) in [7, 11) is 0. The Hall–Kier alpha value is -0.780. The van der Waals surface area contributed by atoms with Crippen LogP contribution < -0.4 is 5.84 Å². The predicted molar refractivity (Wildman–Crippen MR) is 23.0 cm³/mol. The third kappa shape index (κ3) is 5.09. The molecule has 0 aromatic heterocycles. The highest BCUT2D eigenvalue weighted by atomic mass is 19.4. The lowest BCUT2D eigenvalue weighted by Crippen LogP contribution is -2.38. The van der Waals surface area contributed by atoms with Crippen molar-refractivity contribution in [3.63, 3.8) is 0 Å². The summed E-state index contributed by atoms with van der Waals surface area (Å²) >= 11 is 0. The Balaban J connectivity index is 3.59. The summed E-state index contributed by atoms with van der Waals surface area (Å²) in [4.78, 5) is 9.48. The molecule has 0 unspecified atom stereocenters. The molecule has 0 heterocycles. The van der Waals surface area contributed by atoms with Crippen LogP contribution in [-0.4, -0.2) is 24.1 Å². The van der Waals surface area contributed by atoms with Crippen LogP contribution in [0.2, 0.25) is 0 Å². The lowest BCUT2D eigenvalue weighted by Gasteiger charge is -2.11. The summed E-state index contributed by atoms with van der Waals surface area (Å²) in [5, 5.41) is 0.0278. The number of alkyl halides is 3. The molecule has 0 radical (unpaired) electrons. The molecule has 6 heteroatoms. The van der Waals surface area contributed by atoms with Crippen molar-refractivity contribution < 1.29 is 18.0 Å². The average molecular weight is 142 g/mol. The molecule has 0 aliphatic heterocycles. The van der Waals surface area contributed by atoms with Crippen molar-refractivity contribution in [2.24, 2.45) is 5.84 Å². The zero-order valence-corrected chi connectivity index (χ0v) is 4.35. The van der Waals surface area contributed by atoms with E-state index in [2.05, 4.69) is 5.84 Å². The number of halogens is 3. The fourth-order valence-corrected chi connectivity index (χ4v) is 0.244. The van der Waals surface area contributed by atoms with Crippen LogP contribution in [0, 0.1) is 0 Å². The Morgan fingerprint density at radius 3 is 2.11 bits per heavy atom. The van der Waals surface area contributed by atoms with E-state index in [9.17, 15) is 18.0 Å². The maximum absolute atomic E-state index is 11.2. The Kier molecular flexibility index (Phi) is 2.44. The van der Waals surface area contributed by atoms with Gasteiger partial charge in [-0.05, 0) is 0 Å². The number of hydrogen-bond donors (Lipinski definition) is 1. The highest BCUT2D eigenvalue weighted by Crippen LogP contribution is 2.13. The molecule has 54 valence electrons. The molecule has 9 heavy (non-hydrogen) atoms. The second kappa shape index (κ2) is 2.67. The molecular formula is C3H5F3N2O. The van der Waals surface area contributed by atoms with Crippen molar-refractivity contribution >= 4 is 6.41 Å². The summed E-state index contributed by atoms with van der Waals surface area (Å²) in [6.45, 7) is -1.41. The Labute approximate surface area is 49.2 Å². The first kappa shape index (κ1) is 8.22. The minimum atomic E-state index is -4.41. The lowest BCUT2D eigenvalue weighted by molar-refractivity contribution is -0.154. The van der Waals surface area contributed by atoms with E-state index in [4.69, 9.17) is 0 Å². The van der Waals surface area contributed by atoms with Crippen molar-refractivity contribution in [2.75, 3.05) is 6.54 Å². The van der Waals surface area contributed by atoms with Gasteiger partial charge >= 0.3 is 6.18 Å². The second-order valence-corrected chi connectivity index (χ2v) is 1.39. The van der Waals surface area contributed by atoms with Gasteiger partial charge in [0.15, 0.2) is 0 Å². The molecule has 0 saturated heterocycles. The molecule has 0 aromatic rings. The van der Waals surface area contributed by atoms with Gasteiger partial charge < -0.3 is 0 Å². The van der Waals surface area contributed by atoms with Crippen LogP contribution in [-0.2, 0) is 4.79 Å². The van der Waals surface area contributed by atoms with E-state index in [-0.39, 0.29) is 11.4 Å². The molecule has 0 aliphatic rings. The van der Waals surface area contributed by atoms with Crippen LogP contribution in [0.3, 0.4) is 0 Å². The zero-order valence-electron chi connectivity index (χ0n) is 4.35. The number of rotatable bonds is 2. The topological polar surface area (TPSA) is 46.3 Å². The normalized spacial score (nSPS) is 11.1. The number of amides is 1. The van der Waals surface area contributed by atoms with Gasteiger partial charge in [0.1, 0.15) is 6.54 Å². The van der Waals surface area contributed by atoms with E-state index in [1.165, 1.54) is 0 Å². The summed E-state index contributed by atoms with van der Waals surface area (Å²) in [6, 6.07) is 0. The molecule has 2 N–H and O–H groups in total. The SMILES string of the molecule is NN(C=O)CC(F)(F)F. The molecule has 0 fully saturated rings. The third-order valence-electron chi connectivity index (χ3n) is 0.497. The van der Waals surface area contributed by atoms with Gasteiger partial charge in [-0.25, -0.2) is 5.84 Å². The van der Waals surface area contributed by atoms with Crippen LogP contribution in [0.4, 0.5) is 13.2 Å². The van der Waals surface area contributed by atoms with Gasteiger partial charge in [0.05, 0.1) is 0 Å². The third-order valence-corrected chi connectivity index (χ3v) is 0.497. The second-order valence-electron chi connectivity index (χ2n) is 1.39. The number of hydrazine groups is 1. The molecule has 0 spiro atoms. The van der Waals surface area contributed by atoms with Gasteiger partial charge in [-0.2, -0.15) is 13.2 Å².